The second kappa shape index (κ2) is 6.72. The molecule has 0 aliphatic carbocycles. The molecule has 2 N–H and O–H groups in total. The lowest BCUT2D eigenvalue weighted by atomic mass is 9.99. The zero-order valence-corrected chi connectivity index (χ0v) is 11.4. The Kier molecular flexibility index (Phi) is 5.59. The van der Waals surface area contributed by atoms with E-state index in [1.807, 2.05) is 12.3 Å². The molecule has 0 aliphatic heterocycles. The van der Waals surface area contributed by atoms with Crippen LogP contribution in [-0.2, 0) is 0 Å². The van der Waals surface area contributed by atoms with E-state index >= 15 is 0 Å². The number of hydrogen-bond acceptors (Lipinski definition) is 3. The molecule has 0 spiro atoms. The molecule has 2 unspecified atom stereocenters. The molecule has 1 aromatic heterocycles. The van der Waals surface area contributed by atoms with Crippen molar-refractivity contribution < 1.29 is 0 Å². The van der Waals surface area contributed by atoms with Crippen LogP contribution in [0.2, 0.25) is 0 Å². The van der Waals surface area contributed by atoms with Crippen LogP contribution in [0.1, 0.15) is 45.7 Å². The molecule has 0 aliphatic rings. The van der Waals surface area contributed by atoms with Crippen LogP contribution in [0.3, 0.4) is 0 Å². The molecule has 0 aromatic carbocycles. The summed E-state index contributed by atoms with van der Waals surface area (Å²) in [6.07, 6.45) is 4.88. The predicted molar refractivity (Wildman–Crippen MR) is 72.8 cm³/mol. The van der Waals surface area contributed by atoms with Crippen LogP contribution in [0.15, 0.2) is 24.5 Å². The largest absolute Gasteiger partial charge is 0.326 e. The molecular weight excluding hydrogens is 210 g/mol. The van der Waals surface area contributed by atoms with Crippen molar-refractivity contribution in [2.24, 2.45) is 5.73 Å². The van der Waals surface area contributed by atoms with Gasteiger partial charge >= 0.3 is 0 Å². The summed E-state index contributed by atoms with van der Waals surface area (Å²) >= 11 is 0. The average Bonchev–Trinajstić information content (AvgIpc) is 2.29. The van der Waals surface area contributed by atoms with Gasteiger partial charge in [-0.3, -0.25) is 9.88 Å². The Labute approximate surface area is 105 Å². The normalized spacial score (nSPS) is 15.2. The third kappa shape index (κ3) is 3.79. The van der Waals surface area contributed by atoms with E-state index in [4.69, 9.17) is 5.73 Å². The van der Waals surface area contributed by atoms with Crippen molar-refractivity contribution in [3.63, 3.8) is 0 Å². The molecule has 0 radical (unpaired) electrons. The van der Waals surface area contributed by atoms with Crippen LogP contribution < -0.4 is 5.73 Å². The molecule has 3 heteroatoms. The third-order valence-corrected chi connectivity index (χ3v) is 3.03. The summed E-state index contributed by atoms with van der Waals surface area (Å²) in [5, 5.41) is 0. The van der Waals surface area contributed by atoms with Gasteiger partial charge in [0.25, 0.3) is 0 Å². The summed E-state index contributed by atoms with van der Waals surface area (Å²) in [5.41, 5.74) is 7.38. The maximum atomic E-state index is 6.17. The van der Waals surface area contributed by atoms with Gasteiger partial charge in [0.15, 0.2) is 0 Å². The summed E-state index contributed by atoms with van der Waals surface area (Å²) in [4.78, 5) is 6.67. The number of nitrogens with two attached hydrogens (primary N) is 1. The van der Waals surface area contributed by atoms with Crippen LogP contribution in [-0.4, -0.2) is 28.5 Å². The topological polar surface area (TPSA) is 42.2 Å². The summed E-state index contributed by atoms with van der Waals surface area (Å²) in [7, 11) is 0. The molecule has 0 saturated carbocycles. The Bertz CT molecular complexity index is 309. The maximum absolute atomic E-state index is 6.17. The smallest absolute Gasteiger partial charge is 0.0514 e. The van der Waals surface area contributed by atoms with Gasteiger partial charge in [0.2, 0.25) is 0 Å². The van der Waals surface area contributed by atoms with E-state index in [9.17, 15) is 0 Å². The highest BCUT2D eigenvalue weighted by Crippen LogP contribution is 2.25. The zero-order valence-electron chi connectivity index (χ0n) is 11.4. The second-order valence-electron chi connectivity index (χ2n) is 4.92. The fourth-order valence-corrected chi connectivity index (χ4v) is 2.32. The molecule has 1 aromatic rings. The first-order valence-electron chi connectivity index (χ1n) is 6.49. The van der Waals surface area contributed by atoms with E-state index < -0.39 is 0 Å². The van der Waals surface area contributed by atoms with E-state index in [1.54, 1.807) is 6.20 Å². The van der Waals surface area contributed by atoms with Crippen LogP contribution >= 0.6 is 0 Å². The first-order chi connectivity index (χ1) is 8.07. The van der Waals surface area contributed by atoms with E-state index in [2.05, 4.69) is 43.6 Å². The van der Waals surface area contributed by atoms with Gasteiger partial charge in [0.05, 0.1) is 6.04 Å². The Balaban J connectivity index is 2.98. The van der Waals surface area contributed by atoms with Crippen molar-refractivity contribution in [2.45, 2.75) is 52.2 Å². The van der Waals surface area contributed by atoms with Crippen LogP contribution in [0.25, 0.3) is 0 Å². The number of pyridine rings is 1. The molecule has 0 saturated heterocycles. The fourth-order valence-electron chi connectivity index (χ4n) is 2.32. The van der Waals surface area contributed by atoms with Gasteiger partial charge in [-0.15, -0.1) is 0 Å². The standard InChI is InChI=1S/C14H25N3/c1-5-9-17(11(2)3)14(12(4)15)13-7-6-8-16-10-13/h6-8,10-12,14H,5,9,15H2,1-4H3. The van der Waals surface area contributed by atoms with Crippen molar-refractivity contribution in [3.8, 4) is 0 Å². The first kappa shape index (κ1) is 14.1. The highest BCUT2D eigenvalue weighted by Gasteiger charge is 2.25. The monoisotopic (exact) mass is 235 g/mol. The summed E-state index contributed by atoms with van der Waals surface area (Å²) < 4.78 is 0. The van der Waals surface area contributed by atoms with E-state index in [1.165, 1.54) is 5.56 Å². The van der Waals surface area contributed by atoms with Crippen molar-refractivity contribution in [3.05, 3.63) is 30.1 Å². The maximum Gasteiger partial charge on any atom is 0.0514 e. The fraction of sp³-hybridized carbons (Fsp3) is 0.643. The van der Waals surface area contributed by atoms with Gasteiger partial charge in [-0.2, -0.15) is 0 Å². The molecule has 2 atom stereocenters. The predicted octanol–water partition coefficient (Wildman–Crippen LogP) is 2.59. The number of hydrogen-bond donors (Lipinski definition) is 1. The highest BCUT2D eigenvalue weighted by atomic mass is 15.2. The Morgan fingerprint density at radius 1 is 1.35 bits per heavy atom. The summed E-state index contributed by atoms with van der Waals surface area (Å²) in [6, 6.07) is 4.95. The summed E-state index contributed by atoms with van der Waals surface area (Å²) in [5.74, 6) is 0. The molecule has 0 fully saturated rings. The van der Waals surface area contributed by atoms with Gasteiger partial charge in [0, 0.05) is 24.5 Å². The van der Waals surface area contributed by atoms with Crippen LogP contribution in [0, 0.1) is 0 Å². The minimum Gasteiger partial charge on any atom is -0.326 e. The highest BCUT2D eigenvalue weighted by molar-refractivity contribution is 5.16. The van der Waals surface area contributed by atoms with Gasteiger partial charge in [0.1, 0.15) is 0 Å². The minimum atomic E-state index is 0.105. The number of aromatic nitrogens is 1. The van der Waals surface area contributed by atoms with E-state index in [0.29, 0.717) is 6.04 Å². The van der Waals surface area contributed by atoms with Gasteiger partial charge in [-0.1, -0.05) is 13.0 Å². The molecule has 3 nitrogen and oxygen atoms in total. The Hall–Kier alpha value is -0.930. The van der Waals surface area contributed by atoms with E-state index in [0.717, 1.165) is 13.0 Å². The molecule has 1 heterocycles. The zero-order chi connectivity index (χ0) is 12.8. The first-order valence-corrected chi connectivity index (χ1v) is 6.49. The van der Waals surface area contributed by atoms with Crippen molar-refractivity contribution in [1.29, 1.82) is 0 Å². The Morgan fingerprint density at radius 3 is 2.47 bits per heavy atom. The third-order valence-electron chi connectivity index (χ3n) is 3.03. The van der Waals surface area contributed by atoms with Crippen molar-refractivity contribution in [1.82, 2.24) is 9.88 Å². The quantitative estimate of drug-likeness (QED) is 0.824. The van der Waals surface area contributed by atoms with Crippen molar-refractivity contribution in [2.75, 3.05) is 6.54 Å². The Morgan fingerprint density at radius 2 is 2.06 bits per heavy atom. The van der Waals surface area contributed by atoms with Crippen molar-refractivity contribution >= 4 is 0 Å². The lowest BCUT2D eigenvalue weighted by Crippen LogP contribution is -2.43. The van der Waals surface area contributed by atoms with Crippen LogP contribution in [0.4, 0.5) is 0 Å². The second-order valence-corrected chi connectivity index (χ2v) is 4.92. The lowest BCUT2D eigenvalue weighted by molar-refractivity contribution is 0.136. The summed E-state index contributed by atoms with van der Waals surface area (Å²) in [6.45, 7) is 9.79. The number of nitrogens with zero attached hydrogens (tertiary/aromatic N) is 2. The SMILES string of the molecule is CCCN(C(C)C)C(c1cccnc1)C(C)N. The minimum absolute atomic E-state index is 0.105. The van der Waals surface area contributed by atoms with Gasteiger partial charge < -0.3 is 5.73 Å². The van der Waals surface area contributed by atoms with E-state index in [-0.39, 0.29) is 12.1 Å². The van der Waals surface area contributed by atoms with Gasteiger partial charge in [-0.05, 0) is 45.4 Å². The molecule has 96 valence electrons. The molecule has 17 heavy (non-hydrogen) atoms. The number of rotatable bonds is 6. The molecule has 0 amide bonds. The molecular formula is C14H25N3. The molecule has 1 rings (SSSR count). The molecule has 0 bridgehead atoms. The van der Waals surface area contributed by atoms with Gasteiger partial charge in [-0.25, -0.2) is 0 Å². The lowest BCUT2D eigenvalue weighted by Gasteiger charge is -2.37. The average molecular weight is 235 g/mol. The van der Waals surface area contributed by atoms with Crippen LogP contribution in [0.5, 0.6) is 0 Å².